The average molecular weight is 237 g/mol. The van der Waals surface area contributed by atoms with Crippen LogP contribution in [0, 0.1) is 13.8 Å². The van der Waals surface area contributed by atoms with Gasteiger partial charge < -0.3 is 4.52 Å². The SMILES string of the molecule is Cc1noc(C)c1C(C)NC1CC(=O)NC1=O. The lowest BCUT2D eigenvalue weighted by molar-refractivity contribution is -0.125. The van der Waals surface area contributed by atoms with E-state index in [2.05, 4.69) is 15.8 Å². The Balaban J connectivity index is 2.10. The van der Waals surface area contributed by atoms with Gasteiger partial charge in [-0.2, -0.15) is 0 Å². The summed E-state index contributed by atoms with van der Waals surface area (Å²) in [6.07, 6.45) is 0.187. The maximum absolute atomic E-state index is 11.4. The molecule has 1 aromatic heterocycles. The first-order valence-corrected chi connectivity index (χ1v) is 5.51. The Hall–Kier alpha value is -1.69. The zero-order chi connectivity index (χ0) is 12.6. The summed E-state index contributed by atoms with van der Waals surface area (Å²) < 4.78 is 5.07. The standard InChI is InChI=1S/C11H15N3O3/c1-5(10-6(2)14-17-7(10)3)12-8-4-9(15)13-11(8)16/h5,8,12H,4H2,1-3H3,(H,13,15,16). The molecule has 2 heterocycles. The number of imide groups is 1. The Morgan fingerprint density at radius 3 is 2.65 bits per heavy atom. The lowest BCUT2D eigenvalue weighted by atomic mass is 10.1. The highest BCUT2D eigenvalue weighted by atomic mass is 16.5. The Bertz CT molecular complexity index is 447. The zero-order valence-corrected chi connectivity index (χ0v) is 10.0. The molecule has 2 atom stereocenters. The van der Waals surface area contributed by atoms with Crippen molar-refractivity contribution in [3.63, 3.8) is 0 Å². The number of hydrogen-bond acceptors (Lipinski definition) is 5. The van der Waals surface area contributed by atoms with Gasteiger partial charge in [-0.05, 0) is 20.8 Å². The van der Waals surface area contributed by atoms with Crippen LogP contribution in [0.5, 0.6) is 0 Å². The van der Waals surface area contributed by atoms with Gasteiger partial charge in [-0.25, -0.2) is 0 Å². The Morgan fingerprint density at radius 1 is 1.47 bits per heavy atom. The van der Waals surface area contributed by atoms with Crippen LogP contribution in [0.4, 0.5) is 0 Å². The second-order valence-corrected chi connectivity index (χ2v) is 4.30. The fourth-order valence-corrected chi connectivity index (χ4v) is 2.18. The first kappa shape index (κ1) is 11.8. The third-order valence-corrected chi connectivity index (χ3v) is 2.94. The van der Waals surface area contributed by atoms with Crippen molar-refractivity contribution in [3.8, 4) is 0 Å². The molecule has 2 rings (SSSR count). The summed E-state index contributed by atoms with van der Waals surface area (Å²) in [5, 5.41) is 9.24. The van der Waals surface area contributed by atoms with E-state index in [9.17, 15) is 9.59 Å². The van der Waals surface area contributed by atoms with E-state index in [-0.39, 0.29) is 24.3 Å². The Kier molecular flexibility index (Phi) is 2.97. The minimum absolute atomic E-state index is 0.0806. The highest BCUT2D eigenvalue weighted by Crippen LogP contribution is 2.22. The quantitative estimate of drug-likeness (QED) is 0.741. The molecule has 1 aliphatic rings. The number of nitrogens with zero attached hydrogens (tertiary/aromatic N) is 1. The molecule has 0 aliphatic carbocycles. The molecule has 6 heteroatoms. The second kappa shape index (κ2) is 4.29. The van der Waals surface area contributed by atoms with Crippen LogP contribution in [0.3, 0.4) is 0 Å². The number of carbonyl (C=O) groups is 2. The van der Waals surface area contributed by atoms with Gasteiger partial charge in [-0.3, -0.25) is 20.2 Å². The number of aromatic nitrogens is 1. The molecule has 1 aliphatic heterocycles. The molecular formula is C11H15N3O3. The summed E-state index contributed by atoms with van der Waals surface area (Å²) in [5.41, 5.74) is 1.74. The van der Waals surface area contributed by atoms with E-state index in [1.54, 1.807) is 0 Å². The van der Waals surface area contributed by atoms with Gasteiger partial charge in [-0.15, -0.1) is 0 Å². The molecule has 17 heavy (non-hydrogen) atoms. The first-order chi connectivity index (χ1) is 7.99. The van der Waals surface area contributed by atoms with Gasteiger partial charge in [0.05, 0.1) is 18.2 Å². The van der Waals surface area contributed by atoms with E-state index in [1.807, 2.05) is 20.8 Å². The van der Waals surface area contributed by atoms with E-state index in [1.165, 1.54) is 0 Å². The lowest BCUT2D eigenvalue weighted by Gasteiger charge is -2.16. The predicted octanol–water partition coefficient (Wildman–Crippen LogP) is 0.357. The lowest BCUT2D eigenvalue weighted by Crippen LogP contribution is -2.38. The van der Waals surface area contributed by atoms with Crippen LogP contribution < -0.4 is 10.6 Å². The molecule has 2 unspecified atom stereocenters. The molecule has 92 valence electrons. The first-order valence-electron chi connectivity index (χ1n) is 5.51. The van der Waals surface area contributed by atoms with E-state index >= 15 is 0 Å². The molecule has 0 bridgehead atoms. The summed E-state index contributed by atoms with van der Waals surface area (Å²) in [6.45, 7) is 5.60. The normalized spacial score (nSPS) is 21.7. The fourth-order valence-electron chi connectivity index (χ4n) is 2.18. The largest absolute Gasteiger partial charge is 0.361 e. The van der Waals surface area contributed by atoms with Gasteiger partial charge in [0.1, 0.15) is 5.76 Å². The zero-order valence-electron chi connectivity index (χ0n) is 10.0. The van der Waals surface area contributed by atoms with Crippen LogP contribution in [0.15, 0.2) is 4.52 Å². The predicted molar refractivity (Wildman–Crippen MR) is 59.1 cm³/mol. The topological polar surface area (TPSA) is 84.2 Å². The second-order valence-electron chi connectivity index (χ2n) is 4.30. The maximum Gasteiger partial charge on any atom is 0.244 e. The highest BCUT2D eigenvalue weighted by molar-refractivity contribution is 6.05. The van der Waals surface area contributed by atoms with E-state index in [4.69, 9.17) is 4.52 Å². The van der Waals surface area contributed by atoms with Gasteiger partial charge in [-0.1, -0.05) is 5.16 Å². The number of rotatable bonds is 3. The van der Waals surface area contributed by atoms with Crippen LogP contribution in [0.1, 0.15) is 36.4 Å². The molecular weight excluding hydrogens is 222 g/mol. The monoisotopic (exact) mass is 237 g/mol. The average Bonchev–Trinajstić information content (AvgIpc) is 2.71. The fraction of sp³-hybridized carbons (Fsp3) is 0.545. The third kappa shape index (κ3) is 2.21. The smallest absolute Gasteiger partial charge is 0.244 e. The van der Waals surface area contributed by atoms with Gasteiger partial charge in [0, 0.05) is 11.6 Å². The van der Waals surface area contributed by atoms with Crippen LogP contribution in [-0.2, 0) is 9.59 Å². The number of aryl methyl sites for hydroxylation is 2. The molecule has 0 saturated carbocycles. The summed E-state index contributed by atoms with van der Waals surface area (Å²) in [4.78, 5) is 22.5. The summed E-state index contributed by atoms with van der Waals surface area (Å²) in [6, 6.07) is -0.547. The molecule has 1 saturated heterocycles. The molecule has 0 aromatic carbocycles. The van der Waals surface area contributed by atoms with Crippen molar-refractivity contribution in [2.24, 2.45) is 0 Å². The highest BCUT2D eigenvalue weighted by Gasteiger charge is 2.32. The molecule has 2 N–H and O–H groups in total. The van der Waals surface area contributed by atoms with Crippen molar-refractivity contribution >= 4 is 11.8 Å². The van der Waals surface area contributed by atoms with Crippen molar-refractivity contribution < 1.29 is 14.1 Å². The number of carbonyl (C=O) groups excluding carboxylic acids is 2. The van der Waals surface area contributed by atoms with E-state index in [0.717, 1.165) is 17.0 Å². The third-order valence-electron chi connectivity index (χ3n) is 2.94. The number of nitrogens with one attached hydrogen (secondary N) is 2. The minimum atomic E-state index is -0.466. The molecule has 0 radical (unpaired) electrons. The summed E-state index contributed by atoms with van der Waals surface area (Å²) in [5.74, 6) is 0.222. The summed E-state index contributed by atoms with van der Waals surface area (Å²) >= 11 is 0. The van der Waals surface area contributed by atoms with Crippen LogP contribution in [0.25, 0.3) is 0 Å². The Morgan fingerprint density at radius 2 is 2.18 bits per heavy atom. The molecule has 0 spiro atoms. The minimum Gasteiger partial charge on any atom is -0.361 e. The van der Waals surface area contributed by atoms with Crippen LogP contribution >= 0.6 is 0 Å². The van der Waals surface area contributed by atoms with Crippen molar-refractivity contribution in [1.29, 1.82) is 0 Å². The van der Waals surface area contributed by atoms with E-state index < -0.39 is 6.04 Å². The van der Waals surface area contributed by atoms with Crippen LogP contribution in [0.2, 0.25) is 0 Å². The molecule has 6 nitrogen and oxygen atoms in total. The van der Waals surface area contributed by atoms with Crippen molar-refractivity contribution in [2.45, 2.75) is 39.3 Å². The number of amides is 2. The molecule has 1 aromatic rings. The van der Waals surface area contributed by atoms with Crippen molar-refractivity contribution in [2.75, 3.05) is 0 Å². The van der Waals surface area contributed by atoms with Gasteiger partial charge >= 0.3 is 0 Å². The van der Waals surface area contributed by atoms with Gasteiger partial charge in [0.25, 0.3) is 0 Å². The molecule has 2 amide bonds. The summed E-state index contributed by atoms with van der Waals surface area (Å²) in [7, 11) is 0. The van der Waals surface area contributed by atoms with Crippen molar-refractivity contribution in [3.05, 3.63) is 17.0 Å². The Labute approximate surface area is 98.7 Å². The van der Waals surface area contributed by atoms with Gasteiger partial charge in [0.2, 0.25) is 11.8 Å². The van der Waals surface area contributed by atoms with Gasteiger partial charge in [0.15, 0.2) is 0 Å². The maximum atomic E-state index is 11.4. The van der Waals surface area contributed by atoms with E-state index in [0.29, 0.717) is 0 Å². The van der Waals surface area contributed by atoms with Crippen LogP contribution in [-0.4, -0.2) is 23.0 Å². The number of hydrogen-bond donors (Lipinski definition) is 2. The molecule has 1 fully saturated rings. The van der Waals surface area contributed by atoms with Crippen molar-refractivity contribution in [1.82, 2.24) is 15.8 Å².